The number of hydrogen-bond donors (Lipinski definition) is 1. The maximum Gasteiger partial charge on any atom is 0.264 e. The molecule has 0 aliphatic carbocycles. The Bertz CT molecular complexity index is 1450. The summed E-state index contributed by atoms with van der Waals surface area (Å²) in [5, 5.41) is 3.33. The molecule has 220 valence electrons. The van der Waals surface area contributed by atoms with Gasteiger partial charge < -0.3 is 15.0 Å². The Morgan fingerprint density at radius 3 is 2.27 bits per heavy atom. The van der Waals surface area contributed by atoms with Gasteiger partial charge in [-0.1, -0.05) is 67.4 Å². The zero-order valence-corrected chi connectivity index (χ0v) is 25.8. The normalized spacial score (nSPS) is 12.7. The first-order valence-electron chi connectivity index (χ1n) is 13.3. The fourth-order valence-corrected chi connectivity index (χ4v) is 6.26. The lowest BCUT2D eigenvalue weighted by Crippen LogP contribution is -2.53. The van der Waals surface area contributed by atoms with E-state index in [2.05, 4.69) is 5.32 Å². The Morgan fingerprint density at radius 2 is 1.66 bits per heavy atom. The molecule has 3 rings (SSSR count). The van der Waals surface area contributed by atoms with Crippen LogP contribution in [0.5, 0.6) is 5.75 Å². The Labute approximate surface area is 252 Å². The molecular weight excluding hydrogens is 585 g/mol. The highest BCUT2D eigenvalue weighted by atomic mass is 35.5. The van der Waals surface area contributed by atoms with E-state index in [0.29, 0.717) is 23.6 Å². The molecule has 0 bridgehead atoms. The lowest BCUT2D eigenvalue weighted by atomic mass is 10.1. The smallest absolute Gasteiger partial charge is 0.264 e. The summed E-state index contributed by atoms with van der Waals surface area (Å²) in [6, 6.07) is 18.3. The predicted octanol–water partition coefficient (Wildman–Crippen LogP) is 5.92. The summed E-state index contributed by atoms with van der Waals surface area (Å²) in [7, 11) is -2.70. The third-order valence-electron chi connectivity index (χ3n) is 6.66. The van der Waals surface area contributed by atoms with Crippen molar-refractivity contribution in [1.82, 2.24) is 10.2 Å². The molecule has 0 unspecified atom stereocenters. The van der Waals surface area contributed by atoms with E-state index in [4.69, 9.17) is 27.9 Å². The minimum atomic E-state index is -4.24. The number of ether oxygens (including phenoxy) is 1. The number of sulfonamides is 1. The summed E-state index contributed by atoms with van der Waals surface area (Å²) in [4.78, 5) is 28.9. The maximum atomic E-state index is 14.1. The highest BCUT2D eigenvalue weighted by Crippen LogP contribution is 2.33. The molecule has 0 radical (unpaired) electrons. The highest BCUT2D eigenvalue weighted by molar-refractivity contribution is 7.92. The Balaban J connectivity index is 2.09. The molecular formula is C30H35Cl2N3O5S. The first kappa shape index (κ1) is 32.2. The van der Waals surface area contributed by atoms with Crippen molar-refractivity contribution in [3.63, 3.8) is 0 Å². The van der Waals surface area contributed by atoms with Crippen LogP contribution in [0.4, 0.5) is 5.69 Å². The predicted molar refractivity (Wildman–Crippen MR) is 163 cm³/mol. The standard InChI is InChI=1S/C30H35Cl2N3O5S/c1-5-21(3)33-30(37)27(6-2)34(19-22-11-10-12-24(17-22)40-4)29(36)20-35(28-16-15-23(31)18-26(28)32)41(38,39)25-13-8-7-9-14-25/h7-18,21,27H,5-6,19-20H2,1-4H3,(H,33,37)/t21-,27-/m0/s1. The molecule has 0 heterocycles. The van der Waals surface area contributed by atoms with E-state index in [1.54, 1.807) is 50.4 Å². The van der Waals surface area contributed by atoms with Crippen LogP contribution < -0.4 is 14.4 Å². The van der Waals surface area contributed by atoms with Crippen LogP contribution in [-0.2, 0) is 26.2 Å². The first-order valence-corrected chi connectivity index (χ1v) is 15.5. The van der Waals surface area contributed by atoms with Crippen molar-refractivity contribution in [3.8, 4) is 5.75 Å². The molecule has 0 aromatic heterocycles. The number of anilines is 1. The van der Waals surface area contributed by atoms with E-state index >= 15 is 0 Å². The average molecular weight is 621 g/mol. The Hall–Kier alpha value is -3.27. The minimum absolute atomic E-state index is 0.0142. The number of halogens is 2. The second-order valence-electron chi connectivity index (χ2n) is 9.54. The zero-order chi connectivity index (χ0) is 30.2. The van der Waals surface area contributed by atoms with Gasteiger partial charge in [-0.2, -0.15) is 0 Å². The third kappa shape index (κ3) is 8.15. The van der Waals surface area contributed by atoms with Gasteiger partial charge in [-0.25, -0.2) is 8.42 Å². The molecule has 3 aromatic carbocycles. The number of carbonyl (C=O) groups is 2. The largest absolute Gasteiger partial charge is 0.497 e. The molecule has 0 spiro atoms. The van der Waals surface area contributed by atoms with Gasteiger partial charge in [0.25, 0.3) is 10.0 Å². The molecule has 11 heteroatoms. The second kappa shape index (κ2) is 14.6. The van der Waals surface area contributed by atoms with E-state index in [1.165, 1.54) is 35.2 Å². The quantitative estimate of drug-likeness (QED) is 0.256. The van der Waals surface area contributed by atoms with Crippen LogP contribution >= 0.6 is 23.2 Å². The summed E-state index contributed by atoms with van der Waals surface area (Å²) < 4.78 is 34.1. The monoisotopic (exact) mass is 619 g/mol. The van der Waals surface area contributed by atoms with Gasteiger partial charge in [0.05, 0.1) is 22.7 Å². The fourth-order valence-electron chi connectivity index (χ4n) is 4.24. The zero-order valence-electron chi connectivity index (χ0n) is 23.5. The Morgan fingerprint density at radius 1 is 0.951 bits per heavy atom. The van der Waals surface area contributed by atoms with Crippen LogP contribution in [0.25, 0.3) is 0 Å². The van der Waals surface area contributed by atoms with Crippen LogP contribution in [0.1, 0.15) is 39.2 Å². The van der Waals surface area contributed by atoms with Crippen LogP contribution in [0, 0.1) is 0 Å². The molecule has 0 aliphatic heterocycles. The van der Waals surface area contributed by atoms with Gasteiger partial charge in [-0.3, -0.25) is 13.9 Å². The van der Waals surface area contributed by atoms with Gasteiger partial charge in [0.1, 0.15) is 18.3 Å². The van der Waals surface area contributed by atoms with Crippen molar-refractivity contribution in [2.45, 2.75) is 57.1 Å². The third-order valence-corrected chi connectivity index (χ3v) is 8.97. The van der Waals surface area contributed by atoms with E-state index in [0.717, 1.165) is 9.87 Å². The second-order valence-corrected chi connectivity index (χ2v) is 12.2. The van der Waals surface area contributed by atoms with Gasteiger partial charge in [0.2, 0.25) is 11.8 Å². The maximum absolute atomic E-state index is 14.1. The molecule has 2 atom stereocenters. The number of benzene rings is 3. The van der Waals surface area contributed by atoms with Crippen molar-refractivity contribution in [2.24, 2.45) is 0 Å². The molecule has 0 aliphatic rings. The molecule has 1 N–H and O–H groups in total. The average Bonchev–Trinajstić information content (AvgIpc) is 2.96. The van der Waals surface area contributed by atoms with Gasteiger partial charge in [-0.05, 0) is 67.8 Å². The SMILES string of the molecule is CC[C@H](C)NC(=O)[C@H](CC)N(Cc1cccc(OC)c1)C(=O)CN(c1ccc(Cl)cc1Cl)S(=O)(=O)c1ccccc1. The number of amides is 2. The van der Waals surface area contributed by atoms with Crippen LogP contribution in [0.3, 0.4) is 0 Å². The van der Waals surface area contributed by atoms with Gasteiger partial charge in [-0.15, -0.1) is 0 Å². The fraction of sp³-hybridized carbons (Fsp3) is 0.333. The first-order chi connectivity index (χ1) is 19.5. The lowest BCUT2D eigenvalue weighted by Gasteiger charge is -2.34. The number of methoxy groups -OCH3 is 1. The number of nitrogens with zero attached hydrogens (tertiary/aromatic N) is 2. The minimum Gasteiger partial charge on any atom is -0.497 e. The summed E-state index contributed by atoms with van der Waals surface area (Å²) in [6.45, 7) is 5.09. The number of hydrogen-bond acceptors (Lipinski definition) is 5. The van der Waals surface area contributed by atoms with Crippen molar-refractivity contribution < 1.29 is 22.7 Å². The van der Waals surface area contributed by atoms with Crippen molar-refractivity contribution >= 4 is 50.7 Å². The lowest BCUT2D eigenvalue weighted by molar-refractivity contribution is -0.140. The Kier molecular flexibility index (Phi) is 11.5. The van der Waals surface area contributed by atoms with Gasteiger partial charge in [0.15, 0.2) is 0 Å². The summed E-state index contributed by atoms with van der Waals surface area (Å²) in [5.41, 5.74) is 0.807. The molecule has 3 aromatic rings. The summed E-state index contributed by atoms with van der Waals surface area (Å²) in [5.74, 6) is -0.308. The highest BCUT2D eigenvalue weighted by Gasteiger charge is 2.34. The van der Waals surface area contributed by atoms with Gasteiger partial charge in [0, 0.05) is 17.6 Å². The van der Waals surface area contributed by atoms with Gasteiger partial charge >= 0.3 is 0 Å². The number of carbonyl (C=O) groups excluding carboxylic acids is 2. The van der Waals surface area contributed by atoms with E-state index in [-0.39, 0.29) is 34.1 Å². The van der Waals surface area contributed by atoms with Crippen molar-refractivity contribution in [3.05, 3.63) is 88.4 Å². The molecule has 0 fully saturated rings. The van der Waals surface area contributed by atoms with Crippen molar-refractivity contribution in [1.29, 1.82) is 0 Å². The molecule has 2 amide bonds. The van der Waals surface area contributed by atoms with E-state index in [9.17, 15) is 18.0 Å². The van der Waals surface area contributed by atoms with Crippen molar-refractivity contribution in [2.75, 3.05) is 18.0 Å². The van der Waals surface area contributed by atoms with Crippen LogP contribution in [0.15, 0.2) is 77.7 Å². The van der Waals surface area contributed by atoms with E-state index in [1.807, 2.05) is 19.9 Å². The summed E-state index contributed by atoms with van der Waals surface area (Å²) >= 11 is 12.6. The number of nitrogens with one attached hydrogen (secondary N) is 1. The molecule has 0 saturated heterocycles. The molecule has 8 nitrogen and oxygen atoms in total. The molecule has 0 saturated carbocycles. The summed E-state index contributed by atoms with van der Waals surface area (Å²) in [6.07, 6.45) is 1.02. The topological polar surface area (TPSA) is 96.0 Å². The van der Waals surface area contributed by atoms with Crippen LogP contribution in [-0.4, -0.2) is 50.9 Å². The van der Waals surface area contributed by atoms with Crippen LogP contribution in [0.2, 0.25) is 10.0 Å². The number of rotatable bonds is 13. The van der Waals surface area contributed by atoms with E-state index < -0.39 is 28.5 Å². The molecule has 41 heavy (non-hydrogen) atoms.